The summed E-state index contributed by atoms with van der Waals surface area (Å²) in [6.07, 6.45) is 3.02. The van der Waals surface area contributed by atoms with Crippen molar-refractivity contribution in [3.05, 3.63) is 29.3 Å². The first kappa shape index (κ1) is 14.3. The molecule has 0 spiro atoms. The summed E-state index contributed by atoms with van der Waals surface area (Å²) < 4.78 is 33.0. The SMILES string of the molecule is COc1cc(F)c(C(N)C2CCCC2(C)C)c(F)c1. The zero-order chi connectivity index (χ0) is 14.2. The average molecular weight is 269 g/mol. The fraction of sp³-hybridized carbons (Fsp3) is 0.600. The summed E-state index contributed by atoms with van der Waals surface area (Å²) in [5.74, 6) is -0.958. The number of benzene rings is 1. The second-order valence-corrected chi connectivity index (χ2v) is 6.02. The van der Waals surface area contributed by atoms with Crippen LogP contribution in [0, 0.1) is 23.0 Å². The van der Waals surface area contributed by atoms with E-state index in [1.165, 1.54) is 19.2 Å². The van der Waals surface area contributed by atoms with Gasteiger partial charge in [0.05, 0.1) is 7.11 Å². The molecule has 2 atom stereocenters. The molecule has 2 N–H and O–H groups in total. The van der Waals surface area contributed by atoms with Crippen LogP contribution in [0.5, 0.6) is 5.75 Å². The number of rotatable bonds is 3. The molecule has 1 saturated carbocycles. The molecule has 1 aromatic carbocycles. The van der Waals surface area contributed by atoms with Crippen molar-refractivity contribution >= 4 is 0 Å². The lowest BCUT2D eigenvalue weighted by molar-refractivity contribution is 0.216. The largest absolute Gasteiger partial charge is 0.497 e. The van der Waals surface area contributed by atoms with E-state index in [0.717, 1.165) is 19.3 Å². The van der Waals surface area contributed by atoms with Crippen LogP contribution < -0.4 is 10.5 Å². The van der Waals surface area contributed by atoms with Crippen molar-refractivity contribution in [2.75, 3.05) is 7.11 Å². The van der Waals surface area contributed by atoms with Crippen LogP contribution in [0.25, 0.3) is 0 Å². The van der Waals surface area contributed by atoms with Gasteiger partial charge in [-0.25, -0.2) is 8.78 Å². The molecule has 2 nitrogen and oxygen atoms in total. The molecule has 0 amide bonds. The molecule has 0 saturated heterocycles. The first-order valence-electron chi connectivity index (χ1n) is 6.65. The predicted molar refractivity (Wildman–Crippen MR) is 71.0 cm³/mol. The number of halogens is 2. The van der Waals surface area contributed by atoms with E-state index in [1.807, 2.05) is 0 Å². The molecule has 0 bridgehead atoms. The highest BCUT2D eigenvalue weighted by Gasteiger charge is 2.40. The van der Waals surface area contributed by atoms with Crippen molar-refractivity contribution in [1.29, 1.82) is 0 Å². The Morgan fingerprint density at radius 2 is 1.89 bits per heavy atom. The van der Waals surface area contributed by atoms with Gasteiger partial charge in [-0.15, -0.1) is 0 Å². The van der Waals surface area contributed by atoms with Gasteiger partial charge in [0.1, 0.15) is 17.4 Å². The summed E-state index contributed by atoms with van der Waals surface area (Å²) >= 11 is 0. The van der Waals surface area contributed by atoms with E-state index < -0.39 is 17.7 Å². The molecular formula is C15H21F2NO. The monoisotopic (exact) mass is 269 g/mol. The molecule has 0 aromatic heterocycles. The van der Waals surface area contributed by atoms with E-state index in [0.29, 0.717) is 0 Å². The quantitative estimate of drug-likeness (QED) is 0.905. The van der Waals surface area contributed by atoms with Crippen molar-refractivity contribution in [1.82, 2.24) is 0 Å². The molecule has 0 heterocycles. The zero-order valence-electron chi connectivity index (χ0n) is 11.7. The van der Waals surface area contributed by atoms with Crippen LogP contribution in [0.2, 0.25) is 0 Å². The summed E-state index contributed by atoms with van der Waals surface area (Å²) in [6, 6.07) is 1.78. The van der Waals surface area contributed by atoms with Crippen LogP contribution in [0.15, 0.2) is 12.1 Å². The maximum absolute atomic E-state index is 14.1. The molecule has 0 radical (unpaired) electrons. The molecule has 106 valence electrons. The summed E-state index contributed by atoms with van der Waals surface area (Å²) in [7, 11) is 1.38. The van der Waals surface area contributed by atoms with E-state index in [2.05, 4.69) is 13.8 Å². The van der Waals surface area contributed by atoms with Gasteiger partial charge in [-0.2, -0.15) is 0 Å². The Bertz CT molecular complexity index is 450. The summed E-state index contributed by atoms with van der Waals surface area (Å²) in [5.41, 5.74) is 6.16. The Balaban J connectivity index is 2.36. The van der Waals surface area contributed by atoms with E-state index in [1.54, 1.807) is 0 Å². The van der Waals surface area contributed by atoms with Crippen molar-refractivity contribution in [2.24, 2.45) is 17.1 Å². The Labute approximate surface area is 112 Å². The molecular weight excluding hydrogens is 248 g/mol. The minimum atomic E-state index is -0.618. The Morgan fingerprint density at radius 1 is 1.32 bits per heavy atom. The van der Waals surface area contributed by atoms with Gasteiger partial charge < -0.3 is 10.5 Å². The summed E-state index contributed by atoms with van der Waals surface area (Å²) in [4.78, 5) is 0. The lowest BCUT2D eigenvalue weighted by Gasteiger charge is -2.32. The number of methoxy groups -OCH3 is 1. The van der Waals surface area contributed by atoms with Crippen LogP contribution in [0.4, 0.5) is 8.78 Å². The summed E-state index contributed by atoms with van der Waals surface area (Å²) in [6.45, 7) is 4.23. The maximum Gasteiger partial charge on any atom is 0.134 e. The Kier molecular flexibility index (Phi) is 3.81. The van der Waals surface area contributed by atoms with Crippen molar-refractivity contribution in [3.63, 3.8) is 0 Å². The molecule has 1 aliphatic carbocycles. The van der Waals surface area contributed by atoms with Crippen LogP contribution in [-0.2, 0) is 0 Å². The average Bonchev–Trinajstić information content (AvgIpc) is 2.67. The Morgan fingerprint density at radius 3 is 2.32 bits per heavy atom. The Hall–Kier alpha value is -1.16. The van der Waals surface area contributed by atoms with E-state index in [9.17, 15) is 8.78 Å². The smallest absolute Gasteiger partial charge is 0.134 e. The molecule has 4 heteroatoms. The standard InChI is InChI=1S/C15H21F2NO/c1-15(2)6-4-5-10(15)14(18)13-11(16)7-9(19-3)8-12(13)17/h7-8,10,14H,4-6,18H2,1-3H3. The van der Waals surface area contributed by atoms with Crippen LogP contribution in [0.3, 0.4) is 0 Å². The van der Waals surface area contributed by atoms with Gasteiger partial charge in [0.15, 0.2) is 0 Å². The van der Waals surface area contributed by atoms with Gasteiger partial charge in [0.25, 0.3) is 0 Å². The van der Waals surface area contributed by atoms with Crippen LogP contribution in [-0.4, -0.2) is 7.11 Å². The van der Waals surface area contributed by atoms with Crippen molar-refractivity contribution in [3.8, 4) is 5.75 Å². The second-order valence-electron chi connectivity index (χ2n) is 6.02. The zero-order valence-corrected chi connectivity index (χ0v) is 11.7. The minimum Gasteiger partial charge on any atom is -0.497 e. The maximum atomic E-state index is 14.1. The van der Waals surface area contributed by atoms with E-state index in [4.69, 9.17) is 10.5 Å². The predicted octanol–water partition coefficient (Wildman–Crippen LogP) is 3.80. The normalized spacial score (nSPS) is 23.4. The number of nitrogens with two attached hydrogens (primary N) is 1. The number of hydrogen-bond acceptors (Lipinski definition) is 2. The van der Waals surface area contributed by atoms with Crippen LogP contribution in [0.1, 0.15) is 44.7 Å². The van der Waals surface area contributed by atoms with Gasteiger partial charge >= 0.3 is 0 Å². The highest BCUT2D eigenvalue weighted by Crippen LogP contribution is 2.48. The molecule has 0 aliphatic heterocycles. The summed E-state index contributed by atoms with van der Waals surface area (Å²) in [5, 5.41) is 0. The second kappa shape index (κ2) is 5.08. The van der Waals surface area contributed by atoms with Crippen molar-refractivity contribution in [2.45, 2.75) is 39.2 Å². The van der Waals surface area contributed by atoms with Gasteiger partial charge in [-0.05, 0) is 24.2 Å². The van der Waals surface area contributed by atoms with Crippen LogP contribution >= 0.6 is 0 Å². The number of hydrogen-bond donors (Lipinski definition) is 1. The molecule has 1 aliphatic rings. The third-order valence-electron chi connectivity index (χ3n) is 4.40. The van der Waals surface area contributed by atoms with Crippen molar-refractivity contribution < 1.29 is 13.5 Å². The van der Waals surface area contributed by atoms with Gasteiger partial charge in [0, 0.05) is 23.7 Å². The third kappa shape index (κ3) is 2.59. The van der Waals surface area contributed by atoms with Gasteiger partial charge in [0.2, 0.25) is 0 Å². The minimum absolute atomic E-state index is 0.0132. The van der Waals surface area contributed by atoms with Gasteiger partial charge in [-0.3, -0.25) is 0 Å². The third-order valence-corrected chi connectivity index (χ3v) is 4.40. The molecule has 2 rings (SSSR count). The lowest BCUT2D eigenvalue weighted by Crippen LogP contribution is -2.31. The number of ether oxygens (including phenoxy) is 1. The lowest BCUT2D eigenvalue weighted by atomic mass is 9.75. The first-order valence-corrected chi connectivity index (χ1v) is 6.65. The first-order chi connectivity index (χ1) is 8.86. The van der Waals surface area contributed by atoms with Gasteiger partial charge in [-0.1, -0.05) is 20.3 Å². The fourth-order valence-corrected chi connectivity index (χ4v) is 3.22. The highest BCUT2D eigenvalue weighted by atomic mass is 19.1. The van der Waals surface area contributed by atoms with E-state index >= 15 is 0 Å². The fourth-order valence-electron chi connectivity index (χ4n) is 3.22. The topological polar surface area (TPSA) is 35.2 Å². The molecule has 19 heavy (non-hydrogen) atoms. The molecule has 1 aromatic rings. The molecule has 1 fully saturated rings. The van der Waals surface area contributed by atoms with E-state index in [-0.39, 0.29) is 22.6 Å². The molecule has 2 unspecified atom stereocenters. The highest BCUT2D eigenvalue weighted by molar-refractivity contribution is 5.33.